The van der Waals surface area contributed by atoms with Crippen molar-refractivity contribution in [3.63, 3.8) is 0 Å². The number of nitrogens with two attached hydrogens (primary N) is 1. The van der Waals surface area contributed by atoms with E-state index >= 15 is 0 Å². The molecule has 6 heteroatoms. The van der Waals surface area contributed by atoms with Crippen LogP contribution in [0.25, 0.3) is 0 Å². The molecule has 92 valence electrons. The molecule has 1 aliphatic carbocycles. The van der Waals surface area contributed by atoms with Gasteiger partial charge in [-0.15, -0.1) is 0 Å². The molecule has 0 aromatic carbocycles. The zero-order chi connectivity index (χ0) is 11.8. The fraction of sp³-hybridized carbons (Fsp3) is 0.636. The Morgan fingerprint density at radius 2 is 2.06 bits per heavy atom. The van der Waals surface area contributed by atoms with Gasteiger partial charge in [-0.3, -0.25) is 5.43 Å². The largest absolute Gasteiger partial charge is 0.353 e. The summed E-state index contributed by atoms with van der Waals surface area (Å²) in [5.41, 5.74) is 2.35. The first kappa shape index (κ1) is 10.7. The van der Waals surface area contributed by atoms with E-state index in [0.717, 1.165) is 13.1 Å². The predicted molar refractivity (Wildman–Crippen MR) is 62.8 cm³/mol. The number of nitrogens with one attached hydrogen (secondary N) is 1. The fourth-order valence-corrected chi connectivity index (χ4v) is 3.06. The van der Waals surface area contributed by atoms with Gasteiger partial charge < -0.3 is 4.90 Å². The lowest BCUT2D eigenvalue weighted by Gasteiger charge is -2.19. The second kappa shape index (κ2) is 4.10. The van der Waals surface area contributed by atoms with E-state index in [4.69, 9.17) is 5.84 Å². The third-order valence-corrected chi connectivity index (χ3v) is 3.88. The van der Waals surface area contributed by atoms with Crippen LogP contribution in [0.4, 0.5) is 16.2 Å². The van der Waals surface area contributed by atoms with Crippen LogP contribution in [0.1, 0.15) is 19.3 Å². The molecule has 0 radical (unpaired) electrons. The molecule has 2 unspecified atom stereocenters. The van der Waals surface area contributed by atoms with E-state index < -0.39 is 0 Å². The Hall–Kier alpha value is -1.43. The van der Waals surface area contributed by atoms with Crippen molar-refractivity contribution in [2.45, 2.75) is 19.3 Å². The van der Waals surface area contributed by atoms with Crippen molar-refractivity contribution in [1.29, 1.82) is 0 Å². The van der Waals surface area contributed by atoms with E-state index in [-0.39, 0.29) is 11.8 Å². The highest BCUT2D eigenvalue weighted by atomic mass is 19.1. The van der Waals surface area contributed by atoms with Crippen molar-refractivity contribution in [3.05, 3.63) is 12.0 Å². The summed E-state index contributed by atoms with van der Waals surface area (Å²) in [4.78, 5) is 9.88. The molecule has 2 atom stereocenters. The molecule has 2 aliphatic rings. The average Bonchev–Trinajstić information content (AvgIpc) is 2.90. The summed E-state index contributed by atoms with van der Waals surface area (Å²) in [6.07, 6.45) is 5.00. The standard InChI is InChI=1S/C11H16FN5/c12-9-4-14-11(16-13)15-10(9)17-5-7-2-1-3-8(7)6-17/h4,7-8H,1-3,5-6,13H2,(H,14,15,16). The number of aromatic nitrogens is 2. The minimum Gasteiger partial charge on any atom is -0.353 e. The lowest BCUT2D eigenvalue weighted by molar-refractivity contribution is 0.494. The number of hydrazine groups is 1. The van der Waals surface area contributed by atoms with Crippen molar-refractivity contribution < 1.29 is 4.39 Å². The Balaban J connectivity index is 1.84. The van der Waals surface area contributed by atoms with Gasteiger partial charge in [-0.1, -0.05) is 6.42 Å². The predicted octanol–water partition coefficient (Wildman–Crippen LogP) is 1.14. The van der Waals surface area contributed by atoms with Gasteiger partial charge in [-0.25, -0.2) is 15.2 Å². The normalized spacial score (nSPS) is 27.3. The third kappa shape index (κ3) is 1.82. The summed E-state index contributed by atoms with van der Waals surface area (Å²) >= 11 is 0. The summed E-state index contributed by atoms with van der Waals surface area (Å²) in [6, 6.07) is 0. The summed E-state index contributed by atoms with van der Waals surface area (Å²) in [5.74, 6) is 6.93. The van der Waals surface area contributed by atoms with Gasteiger partial charge in [0.05, 0.1) is 6.20 Å². The Morgan fingerprint density at radius 3 is 2.71 bits per heavy atom. The van der Waals surface area contributed by atoms with Crippen LogP contribution in [-0.2, 0) is 0 Å². The van der Waals surface area contributed by atoms with Crippen LogP contribution >= 0.6 is 0 Å². The number of hydrogen-bond acceptors (Lipinski definition) is 5. The second-order valence-corrected chi connectivity index (χ2v) is 4.87. The Bertz CT molecular complexity index is 412. The summed E-state index contributed by atoms with van der Waals surface area (Å²) < 4.78 is 13.7. The van der Waals surface area contributed by atoms with E-state index in [1.165, 1.54) is 25.5 Å². The molecule has 3 rings (SSSR count). The molecule has 17 heavy (non-hydrogen) atoms. The van der Waals surface area contributed by atoms with Crippen LogP contribution in [0.2, 0.25) is 0 Å². The zero-order valence-corrected chi connectivity index (χ0v) is 9.56. The topological polar surface area (TPSA) is 67.1 Å². The first-order valence-corrected chi connectivity index (χ1v) is 6.02. The van der Waals surface area contributed by atoms with Gasteiger partial charge in [0.25, 0.3) is 0 Å². The molecule has 1 aromatic heterocycles. The molecule has 0 spiro atoms. The highest BCUT2D eigenvalue weighted by Gasteiger charge is 2.37. The van der Waals surface area contributed by atoms with Crippen LogP contribution in [0.3, 0.4) is 0 Å². The molecule has 0 bridgehead atoms. The Morgan fingerprint density at radius 1 is 1.35 bits per heavy atom. The highest BCUT2D eigenvalue weighted by molar-refractivity contribution is 5.45. The number of hydrogen-bond donors (Lipinski definition) is 2. The van der Waals surface area contributed by atoms with Gasteiger partial charge in [0.1, 0.15) is 0 Å². The molecule has 3 N–H and O–H groups in total. The third-order valence-electron chi connectivity index (χ3n) is 3.88. The van der Waals surface area contributed by atoms with Gasteiger partial charge in [0.15, 0.2) is 11.6 Å². The number of halogens is 1. The van der Waals surface area contributed by atoms with E-state index in [0.29, 0.717) is 17.7 Å². The maximum Gasteiger partial charge on any atom is 0.239 e. The summed E-state index contributed by atoms with van der Waals surface area (Å²) in [7, 11) is 0. The summed E-state index contributed by atoms with van der Waals surface area (Å²) in [6.45, 7) is 1.81. The van der Waals surface area contributed by atoms with Crippen LogP contribution in [-0.4, -0.2) is 23.1 Å². The molecule has 1 saturated carbocycles. The molecule has 2 fully saturated rings. The molecular formula is C11H16FN5. The number of nitrogen functional groups attached to an aromatic ring is 1. The highest BCUT2D eigenvalue weighted by Crippen LogP contribution is 2.39. The van der Waals surface area contributed by atoms with Gasteiger partial charge in [-0.2, -0.15) is 4.98 Å². The van der Waals surface area contributed by atoms with Crippen LogP contribution < -0.4 is 16.2 Å². The van der Waals surface area contributed by atoms with Crippen LogP contribution in [0.15, 0.2) is 6.20 Å². The van der Waals surface area contributed by atoms with E-state index in [1.807, 2.05) is 4.90 Å². The van der Waals surface area contributed by atoms with Gasteiger partial charge >= 0.3 is 0 Å². The minimum absolute atomic E-state index is 0.262. The van der Waals surface area contributed by atoms with Crippen molar-refractivity contribution in [2.75, 3.05) is 23.4 Å². The number of anilines is 2. The number of rotatable bonds is 2. The first-order chi connectivity index (χ1) is 8.28. The van der Waals surface area contributed by atoms with E-state index in [1.54, 1.807) is 0 Å². The Kier molecular flexibility index (Phi) is 2.58. The Labute approximate surface area is 99.2 Å². The summed E-state index contributed by atoms with van der Waals surface area (Å²) in [5, 5.41) is 0. The SMILES string of the molecule is NNc1ncc(F)c(N2CC3CCCC3C2)n1. The maximum absolute atomic E-state index is 13.7. The molecule has 1 saturated heterocycles. The van der Waals surface area contributed by atoms with E-state index in [9.17, 15) is 4.39 Å². The maximum atomic E-state index is 13.7. The minimum atomic E-state index is -0.371. The number of fused-ring (bicyclic) bond motifs is 1. The smallest absolute Gasteiger partial charge is 0.239 e. The second-order valence-electron chi connectivity index (χ2n) is 4.87. The van der Waals surface area contributed by atoms with Gasteiger partial charge in [0.2, 0.25) is 5.95 Å². The monoisotopic (exact) mass is 237 g/mol. The molecule has 1 aliphatic heterocycles. The quantitative estimate of drug-likeness (QED) is 0.596. The van der Waals surface area contributed by atoms with Crippen molar-refractivity contribution in [1.82, 2.24) is 9.97 Å². The molecule has 5 nitrogen and oxygen atoms in total. The molecule has 0 amide bonds. The van der Waals surface area contributed by atoms with Crippen LogP contribution in [0, 0.1) is 17.7 Å². The number of nitrogens with zero attached hydrogens (tertiary/aromatic N) is 3. The average molecular weight is 237 g/mol. The lowest BCUT2D eigenvalue weighted by Crippen LogP contribution is -2.24. The molecular weight excluding hydrogens is 221 g/mol. The van der Waals surface area contributed by atoms with Crippen LogP contribution in [0.5, 0.6) is 0 Å². The first-order valence-electron chi connectivity index (χ1n) is 6.02. The van der Waals surface area contributed by atoms with Crippen molar-refractivity contribution >= 4 is 11.8 Å². The van der Waals surface area contributed by atoms with Gasteiger partial charge in [0, 0.05) is 13.1 Å². The molecule has 2 heterocycles. The van der Waals surface area contributed by atoms with Crippen molar-refractivity contribution in [3.8, 4) is 0 Å². The lowest BCUT2D eigenvalue weighted by atomic mass is 10.0. The van der Waals surface area contributed by atoms with E-state index in [2.05, 4.69) is 15.4 Å². The fourth-order valence-electron chi connectivity index (χ4n) is 3.06. The van der Waals surface area contributed by atoms with Gasteiger partial charge in [-0.05, 0) is 24.7 Å². The molecule has 1 aromatic rings. The zero-order valence-electron chi connectivity index (χ0n) is 9.56. The van der Waals surface area contributed by atoms with Crippen molar-refractivity contribution in [2.24, 2.45) is 17.7 Å².